The van der Waals surface area contributed by atoms with Gasteiger partial charge in [-0.25, -0.2) is 0 Å². The molecule has 2 nitrogen and oxygen atoms in total. The van der Waals surface area contributed by atoms with E-state index in [2.05, 4.69) is 10.2 Å². The molecule has 1 heterocycles. The van der Waals surface area contributed by atoms with Crippen molar-refractivity contribution in [2.24, 2.45) is 0 Å². The zero-order chi connectivity index (χ0) is 9.97. The smallest absolute Gasteiger partial charge is 0.0967 e. The minimum atomic E-state index is 0.493. The molecule has 0 aliphatic heterocycles. The number of rotatable bonds is 2. The van der Waals surface area contributed by atoms with Gasteiger partial charge >= 0.3 is 0 Å². The van der Waals surface area contributed by atoms with Crippen LogP contribution in [0.1, 0.15) is 11.3 Å². The highest BCUT2D eigenvalue weighted by Gasteiger charge is 2.09. The van der Waals surface area contributed by atoms with E-state index < -0.39 is 0 Å². The number of aromatic nitrogens is 2. The molecule has 0 aliphatic rings. The molecule has 0 saturated carbocycles. The molecule has 0 bridgehead atoms. The van der Waals surface area contributed by atoms with E-state index in [-0.39, 0.29) is 0 Å². The van der Waals surface area contributed by atoms with Gasteiger partial charge in [-0.1, -0.05) is 30.3 Å². The van der Waals surface area contributed by atoms with Crippen LogP contribution in [0.4, 0.5) is 0 Å². The third-order valence-corrected chi connectivity index (χ3v) is 2.52. The maximum Gasteiger partial charge on any atom is 0.0967 e. The van der Waals surface area contributed by atoms with Gasteiger partial charge in [0.25, 0.3) is 0 Å². The van der Waals surface area contributed by atoms with Crippen molar-refractivity contribution in [3.63, 3.8) is 0 Å². The van der Waals surface area contributed by atoms with Gasteiger partial charge in [0, 0.05) is 16.8 Å². The number of nitrogens with one attached hydrogen (secondary N) is 1. The van der Waals surface area contributed by atoms with Gasteiger partial charge in [-0.2, -0.15) is 5.10 Å². The lowest BCUT2D eigenvalue weighted by molar-refractivity contribution is 1.05. The van der Waals surface area contributed by atoms with E-state index in [1.807, 2.05) is 37.3 Å². The second-order valence-corrected chi connectivity index (χ2v) is 3.44. The molecule has 0 saturated heterocycles. The van der Waals surface area contributed by atoms with Crippen molar-refractivity contribution >= 4 is 11.6 Å². The van der Waals surface area contributed by atoms with E-state index in [0.717, 1.165) is 22.5 Å². The molecule has 2 rings (SSSR count). The van der Waals surface area contributed by atoms with Crippen LogP contribution in [-0.2, 0) is 5.88 Å². The lowest BCUT2D eigenvalue weighted by Gasteiger charge is -1.99. The number of halogens is 1. The minimum absolute atomic E-state index is 0.493. The summed E-state index contributed by atoms with van der Waals surface area (Å²) in [6, 6.07) is 10.1. The molecule has 0 spiro atoms. The fourth-order valence-corrected chi connectivity index (χ4v) is 1.78. The number of hydrogen-bond donors (Lipinski definition) is 1. The van der Waals surface area contributed by atoms with E-state index in [4.69, 9.17) is 11.6 Å². The maximum absolute atomic E-state index is 5.87. The van der Waals surface area contributed by atoms with Gasteiger partial charge in [-0.05, 0) is 6.92 Å². The van der Waals surface area contributed by atoms with Crippen molar-refractivity contribution in [1.29, 1.82) is 0 Å². The van der Waals surface area contributed by atoms with Crippen LogP contribution in [0, 0.1) is 6.92 Å². The molecular formula is C11H11ClN2. The van der Waals surface area contributed by atoms with Crippen molar-refractivity contribution in [3.05, 3.63) is 41.6 Å². The van der Waals surface area contributed by atoms with Crippen LogP contribution in [-0.4, -0.2) is 10.2 Å². The molecule has 3 heteroatoms. The molecule has 0 aliphatic carbocycles. The Balaban J connectivity index is 2.52. The molecule has 2 aromatic rings. The van der Waals surface area contributed by atoms with Crippen LogP contribution in [0.2, 0.25) is 0 Å². The van der Waals surface area contributed by atoms with Crippen molar-refractivity contribution in [2.75, 3.05) is 0 Å². The molecule has 0 amide bonds. The Morgan fingerprint density at radius 3 is 2.64 bits per heavy atom. The number of hydrogen-bond acceptors (Lipinski definition) is 1. The van der Waals surface area contributed by atoms with Crippen molar-refractivity contribution < 1.29 is 0 Å². The highest BCUT2D eigenvalue weighted by molar-refractivity contribution is 6.17. The van der Waals surface area contributed by atoms with Gasteiger partial charge < -0.3 is 0 Å². The Morgan fingerprint density at radius 2 is 2.00 bits per heavy atom. The number of alkyl halides is 1. The van der Waals surface area contributed by atoms with Gasteiger partial charge in [0.05, 0.1) is 11.6 Å². The first-order chi connectivity index (χ1) is 6.83. The molecular weight excluding hydrogens is 196 g/mol. The Hall–Kier alpha value is -1.28. The summed E-state index contributed by atoms with van der Waals surface area (Å²) >= 11 is 5.87. The fourth-order valence-electron chi connectivity index (χ4n) is 1.45. The molecule has 0 unspecified atom stereocenters. The summed E-state index contributed by atoms with van der Waals surface area (Å²) in [5.41, 5.74) is 4.18. The number of aromatic amines is 1. The van der Waals surface area contributed by atoms with Crippen LogP contribution in [0.25, 0.3) is 11.3 Å². The van der Waals surface area contributed by atoms with E-state index in [1.54, 1.807) is 0 Å². The van der Waals surface area contributed by atoms with E-state index >= 15 is 0 Å². The van der Waals surface area contributed by atoms with Crippen LogP contribution in [0.15, 0.2) is 30.3 Å². The van der Waals surface area contributed by atoms with Crippen LogP contribution in [0.3, 0.4) is 0 Å². The highest BCUT2D eigenvalue weighted by Crippen LogP contribution is 2.24. The summed E-state index contributed by atoms with van der Waals surface area (Å²) in [6.45, 7) is 1.98. The Morgan fingerprint density at radius 1 is 1.29 bits per heavy atom. The molecule has 72 valence electrons. The predicted molar refractivity (Wildman–Crippen MR) is 58.3 cm³/mol. The molecule has 0 radical (unpaired) electrons. The molecule has 0 fully saturated rings. The van der Waals surface area contributed by atoms with Crippen LogP contribution >= 0.6 is 11.6 Å². The van der Waals surface area contributed by atoms with Gasteiger partial charge in [-0.3, -0.25) is 5.10 Å². The highest BCUT2D eigenvalue weighted by atomic mass is 35.5. The van der Waals surface area contributed by atoms with Gasteiger partial charge in [0.1, 0.15) is 0 Å². The molecule has 0 atom stereocenters. The largest absolute Gasteiger partial charge is 0.282 e. The average Bonchev–Trinajstić information content (AvgIpc) is 2.61. The molecule has 1 N–H and O–H groups in total. The second kappa shape index (κ2) is 3.84. The zero-order valence-corrected chi connectivity index (χ0v) is 8.67. The van der Waals surface area contributed by atoms with E-state index in [1.165, 1.54) is 0 Å². The summed E-state index contributed by atoms with van der Waals surface area (Å²) in [7, 11) is 0. The first-order valence-corrected chi connectivity index (χ1v) is 5.01. The van der Waals surface area contributed by atoms with Crippen molar-refractivity contribution in [2.45, 2.75) is 12.8 Å². The summed E-state index contributed by atoms with van der Waals surface area (Å²) in [5.74, 6) is 0.493. The number of aryl methyl sites for hydroxylation is 1. The maximum atomic E-state index is 5.87. The zero-order valence-electron chi connectivity index (χ0n) is 7.92. The average molecular weight is 207 g/mol. The SMILES string of the molecule is Cc1[nH]nc(-c2ccccc2)c1CCl. The van der Waals surface area contributed by atoms with Gasteiger partial charge in [0.2, 0.25) is 0 Å². The first-order valence-electron chi connectivity index (χ1n) is 4.48. The Bertz CT molecular complexity index is 420. The summed E-state index contributed by atoms with van der Waals surface area (Å²) in [4.78, 5) is 0. The van der Waals surface area contributed by atoms with Crippen molar-refractivity contribution in [3.8, 4) is 11.3 Å². The van der Waals surface area contributed by atoms with Gasteiger partial charge in [-0.15, -0.1) is 11.6 Å². The molecule has 1 aromatic heterocycles. The lowest BCUT2D eigenvalue weighted by Crippen LogP contribution is -1.84. The standard InChI is InChI=1S/C11H11ClN2/c1-8-10(7-12)11(14-13-8)9-5-3-2-4-6-9/h2-6H,7H2,1H3,(H,13,14). The third kappa shape index (κ3) is 1.53. The summed E-state index contributed by atoms with van der Waals surface area (Å²) in [6.07, 6.45) is 0. The van der Waals surface area contributed by atoms with Gasteiger partial charge in [0.15, 0.2) is 0 Å². The van der Waals surface area contributed by atoms with E-state index in [0.29, 0.717) is 5.88 Å². The van der Waals surface area contributed by atoms with E-state index in [9.17, 15) is 0 Å². The molecule has 14 heavy (non-hydrogen) atoms. The molecule has 1 aromatic carbocycles. The van der Waals surface area contributed by atoms with Crippen molar-refractivity contribution in [1.82, 2.24) is 10.2 Å². The Kier molecular flexibility index (Phi) is 2.55. The van der Waals surface area contributed by atoms with Crippen LogP contribution in [0.5, 0.6) is 0 Å². The third-order valence-electron chi connectivity index (χ3n) is 2.25. The lowest BCUT2D eigenvalue weighted by atomic mass is 10.1. The minimum Gasteiger partial charge on any atom is -0.282 e. The summed E-state index contributed by atoms with van der Waals surface area (Å²) < 4.78 is 0. The second-order valence-electron chi connectivity index (χ2n) is 3.18. The fraction of sp³-hybridized carbons (Fsp3) is 0.182. The summed E-state index contributed by atoms with van der Waals surface area (Å²) in [5, 5.41) is 7.20. The monoisotopic (exact) mass is 206 g/mol. The first kappa shape index (κ1) is 9.28. The number of nitrogens with zero attached hydrogens (tertiary/aromatic N) is 1. The predicted octanol–water partition coefficient (Wildman–Crippen LogP) is 3.12. The quantitative estimate of drug-likeness (QED) is 0.752. The Labute approximate surface area is 87.9 Å². The number of H-pyrrole nitrogens is 1. The van der Waals surface area contributed by atoms with Crippen LogP contribution < -0.4 is 0 Å². The normalized spacial score (nSPS) is 10.4. The number of benzene rings is 1. The topological polar surface area (TPSA) is 28.7 Å².